The van der Waals surface area contributed by atoms with Gasteiger partial charge in [-0.3, -0.25) is 0 Å². The van der Waals surface area contributed by atoms with E-state index >= 15 is 0 Å². The van der Waals surface area contributed by atoms with E-state index in [1.54, 1.807) is 30.0 Å². The minimum absolute atomic E-state index is 0.171. The fourth-order valence-electron chi connectivity index (χ4n) is 1.01. The van der Waals surface area contributed by atoms with Gasteiger partial charge in [-0.2, -0.15) is 5.26 Å². The fraction of sp³-hybridized carbons (Fsp3) is 0.364. The highest BCUT2D eigenvalue weighted by Gasteiger charge is 2.05. The number of nitrogens with two attached hydrogens (primary N) is 1. The van der Waals surface area contributed by atoms with Crippen LogP contribution in [0, 0.1) is 17.2 Å². The van der Waals surface area contributed by atoms with Gasteiger partial charge in [0.15, 0.2) is 0 Å². The predicted molar refractivity (Wildman–Crippen MR) is 62.5 cm³/mol. The summed E-state index contributed by atoms with van der Waals surface area (Å²) >= 11 is 1.57. The molecular weight excluding hydrogens is 208 g/mol. The van der Waals surface area contributed by atoms with Gasteiger partial charge >= 0.3 is 0 Å². The Morgan fingerprint density at radius 1 is 1.60 bits per heavy atom. The number of aliphatic hydroxyl groups is 1. The summed E-state index contributed by atoms with van der Waals surface area (Å²) in [6.45, 7) is 2.14. The molecule has 1 aromatic rings. The highest BCUT2D eigenvalue weighted by molar-refractivity contribution is 7.99. The Hall–Kier alpha value is -1.18. The minimum atomic E-state index is 0.171. The van der Waals surface area contributed by atoms with Crippen LogP contribution < -0.4 is 5.73 Å². The second-order valence-corrected chi connectivity index (χ2v) is 4.52. The molecule has 4 heteroatoms. The fourth-order valence-corrected chi connectivity index (χ4v) is 2.03. The lowest BCUT2D eigenvalue weighted by Gasteiger charge is -2.09. The summed E-state index contributed by atoms with van der Waals surface area (Å²) in [5.41, 5.74) is 7.08. The van der Waals surface area contributed by atoms with E-state index in [2.05, 4.69) is 6.07 Å². The summed E-state index contributed by atoms with van der Waals surface area (Å²) in [4.78, 5) is 0.911. The smallest absolute Gasteiger partial charge is 0.0992 e. The van der Waals surface area contributed by atoms with E-state index in [0.29, 0.717) is 11.3 Å². The van der Waals surface area contributed by atoms with Crippen molar-refractivity contribution >= 4 is 17.4 Å². The third-order valence-corrected chi connectivity index (χ3v) is 3.38. The molecule has 3 N–H and O–H groups in total. The van der Waals surface area contributed by atoms with Crippen LogP contribution in [0.3, 0.4) is 0 Å². The van der Waals surface area contributed by atoms with Gasteiger partial charge in [0.25, 0.3) is 0 Å². The van der Waals surface area contributed by atoms with Crippen molar-refractivity contribution in [3.63, 3.8) is 0 Å². The molecule has 0 aliphatic carbocycles. The summed E-state index contributed by atoms with van der Waals surface area (Å²) in [5.74, 6) is 1.04. The largest absolute Gasteiger partial charge is 0.398 e. The first-order valence-corrected chi connectivity index (χ1v) is 5.69. The highest BCUT2D eigenvalue weighted by atomic mass is 32.2. The third kappa shape index (κ3) is 3.46. The zero-order valence-electron chi connectivity index (χ0n) is 8.60. The molecule has 80 valence electrons. The second kappa shape index (κ2) is 5.64. The number of hydrogen-bond donors (Lipinski definition) is 2. The molecule has 0 bridgehead atoms. The zero-order chi connectivity index (χ0) is 11.3. The van der Waals surface area contributed by atoms with Gasteiger partial charge in [0.2, 0.25) is 0 Å². The van der Waals surface area contributed by atoms with E-state index in [0.717, 1.165) is 10.6 Å². The lowest BCUT2D eigenvalue weighted by atomic mass is 10.2. The standard InChI is InChI=1S/C11H14N2OS/c1-8(6-14)7-15-11-4-9(5-12)2-3-10(11)13/h2-4,8,14H,6-7,13H2,1H3. The second-order valence-electron chi connectivity index (χ2n) is 3.46. The Kier molecular flexibility index (Phi) is 4.47. The zero-order valence-corrected chi connectivity index (χ0v) is 9.42. The molecular formula is C11H14N2OS. The van der Waals surface area contributed by atoms with Crippen LogP contribution in [0.5, 0.6) is 0 Å². The summed E-state index contributed by atoms with van der Waals surface area (Å²) in [5, 5.41) is 17.6. The molecule has 1 rings (SSSR count). The number of nitrogen functional groups attached to an aromatic ring is 1. The summed E-state index contributed by atoms with van der Waals surface area (Å²) in [7, 11) is 0. The SMILES string of the molecule is CC(CO)CSc1cc(C#N)ccc1N. The van der Waals surface area contributed by atoms with E-state index in [4.69, 9.17) is 16.1 Å². The van der Waals surface area contributed by atoms with E-state index < -0.39 is 0 Å². The third-order valence-electron chi connectivity index (χ3n) is 1.98. The van der Waals surface area contributed by atoms with Gasteiger partial charge in [-0.15, -0.1) is 11.8 Å². The van der Waals surface area contributed by atoms with Crippen LogP contribution in [-0.4, -0.2) is 17.5 Å². The van der Waals surface area contributed by atoms with Crippen molar-refractivity contribution in [1.82, 2.24) is 0 Å². The number of nitrogens with zero attached hydrogens (tertiary/aromatic N) is 1. The first-order valence-electron chi connectivity index (χ1n) is 4.70. The number of rotatable bonds is 4. The van der Waals surface area contributed by atoms with Gasteiger partial charge in [0, 0.05) is 22.9 Å². The number of anilines is 1. The van der Waals surface area contributed by atoms with E-state index in [1.165, 1.54) is 0 Å². The maximum Gasteiger partial charge on any atom is 0.0992 e. The Balaban J connectivity index is 2.72. The molecule has 0 saturated heterocycles. The Bertz CT molecular complexity index is 373. The van der Waals surface area contributed by atoms with Gasteiger partial charge in [-0.25, -0.2) is 0 Å². The van der Waals surface area contributed by atoms with Gasteiger partial charge < -0.3 is 10.8 Å². The van der Waals surface area contributed by atoms with Crippen molar-refractivity contribution in [2.24, 2.45) is 5.92 Å². The molecule has 15 heavy (non-hydrogen) atoms. The quantitative estimate of drug-likeness (QED) is 0.602. The Morgan fingerprint density at radius 3 is 2.93 bits per heavy atom. The monoisotopic (exact) mass is 222 g/mol. The van der Waals surface area contributed by atoms with Crippen LogP contribution in [0.1, 0.15) is 12.5 Å². The average Bonchev–Trinajstić information content (AvgIpc) is 2.27. The number of hydrogen-bond acceptors (Lipinski definition) is 4. The molecule has 0 aliphatic heterocycles. The van der Waals surface area contributed by atoms with Gasteiger partial charge in [0.1, 0.15) is 0 Å². The van der Waals surface area contributed by atoms with E-state index in [-0.39, 0.29) is 12.5 Å². The molecule has 1 aromatic carbocycles. The summed E-state index contributed by atoms with van der Waals surface area (Å²) < 4.78 is 0. The lowest BCUT2D eigenvalue weighted by molar-refractivity contribution is 0.250. The molecule has 1 atom stereocenters. The Morgan fingerprint density at radius 2 is 2.33 bits per heavy atom. The number of benzene rings is 1. The van der Waals surface area contributed by atoms with Crippen molar-refractivity contribution in [2.75, 3.05) is 18.1 Å². The highest BCUT2D eigenvalue weighted by Crippen LogP contribution is 2.27. The first-order chi connectivity index (χ1) is 7.17. The van der Waals surface area contributed by atoms with Gasteiger partial charge in [-0.05, 0) is 24.1 Å². The molecule has 0 radical (unpaired) electrons. The molecule has 0 saturated carbocycles. The van der Waals surface area contributed by atoms with Crippen LogP contribution in [0.4, 0.5) is 5.69 Å². The van der Waals surface area contributed by atoms with Crippen LogP contribution in [0.2, 0.25) is 0 Å². The minimum Gasteiger partial charge on any atom is -0.398 e. The predicted octanol–water partition coefficient (Wildman–Crippen LogP) is 1.86. The molecule has 3 nitrogen and oxygen atoms in total. The maximum atomic E-state index is 8.89. The molecule has 0 aliphatic rings. The molecule has 0 spiro atoms. The first kappa shape index (κ1) is 11.9. The van der Waals surface area contributed by atoms with Gasteiger partial charge in [-0.1, -0.05) is 6.92 Å². The summed E-state index contributed by atoms with van der Waals surface area (Å²) in [6, 6.07) is 7.30. The van der Waals surface area contributed by atoms with Crippen LogP contribution in [-0.2, 0) is 0 Å². The van der Waals surface area contributed by atoms with Crippen LogP contribution >= 0.6 is 11.8 Å². The number of thioether (sulfide) groups is 1. The number of nitriles is 1. The summed E-state index contributed by atoms with van der Waals surface area (Å²) in [6.07, 6.45) is 0. The Labute approximate surface area is 93.9 Å². The maximum absolute atomic E-state index is 8.89. The van der Waals surface area contributed by atoms with Crippen molar-refractivity contribution < 1.29 is 5.11 Å². The number of aliphatic hydroxyl groups excluding tert-OH is 1. The van der Waals surface area contributed by atoms with Crippen molar-refractivity contribution in [2.45, 2.75) is 11.8 Å². The topological polar surface area (TPSA) is 70.0 Å². The van der Waals surface area contributed by atoms with Crippen molar-refractivity contribution in [1.29, 1.82) is 5.26 Å². The van der Waals surface area contributed by atoms with E-state index in [9.17, 15) is 0 Å². The van der Waals surface area contributed by atoms with E-state index in [1.807, 2.05) is 6.92 Å². The van der Waals surface area contributed by atoms with Crippen molar-refractivity contribution in [3.05, 3.63) is 23.8 Å². The molecule has 0 amide bonds. The molecule has 0 aromatic heterocycles. The molecule has 0 heterocycles. The molecule has 1 unspecified atom stereocenters. The van der Waals surface area contributed by atoms with Crippen molar-refractivity contribution in [3.8, 4) is 6.07 Å². The van der Waals surface area contributed by atoms with Gasteiger partial charge in [0.05, 0.1) is 11.6 Å². The molecule has 0 fully saturated rings. The average molecular weight is 222 g/mol. The van der Waals surface area contributed by atoms with Crippen LogP contribution in [0.15, 0.2) is 23.1 Å². The lowest BCUT2D eigenvalue weighted by Crippen LogP contribution is -2.03. The normalized spacial score (nSPS) is 12.1. The van der Waals surface area contributed by atoms with Crippen LogP contribution in [0.25, 0.3) is 0 Å².